The summed E-state index contributed by atoms with van der Waals surface area (Å²) >= 11 is 0. The Morgan fingerprint density at radius 2 is 1.60 bits per heavy atom. The molecule has 0 aliphatic rings. The minimum atomic E-state index is -0.100. The van der Waals surface area contributed by atoms with E-state index in [9.17, 15) is 4.79 Å². The molecule has 2 aromatic carbocycles. The monoisotopic (exact) mass is 269 g/mol. The molecule has 0 aromatic heterocycles. The van der Waals surface area contributed by atoms with Crippen LogP contribution >= 0.6 is 0 Å². The highest BCUT2D eigenvalue weighted by Gasteiger charge is 2.12. The summed E-state index contributed by atoms with van der Waals surface area (Å²) in [6.45, 7) is 5.92. The number of hydrogen-bond donors (Lipinski definition) is 2. The zero-order valence-electron chi connectivity index (χ0n) is 12.0. The van der Waals surface area contributed by atoms with E-state index < -0.39 is 0 Å². The zero-order chi connectivity index (χ0) is 14.7. The lowest BCUT2D eigenvalue weighted by molar-refractivity contribution is 0.102. The second-order valence-corrected chi connectivity index (χ2v) is 5.08. The number of anilines is 1. The third-order valence-corrected chi connectivity index (χ3v) is 3.30. The van der Waals surface area contributed by atoms with Gasteiger partial charge < -0.3 is 10.4 Å². The van der Waals surface area contributed by atoms with Gasteiger partial charge in [-0.05, 0) is 49.6 Å². The van der Waals surface area contributed by atoms with E-state index in [-0.39, 0.29) is 12.5 Å². The number of nitrogens with one attached hydrogen (secondary N) is 1. The van der Waals surface area contributed by atoms with E-state index in [4.69, 9.17) is 5.11 Å². The number of carbonyl (C=O) groups is 1. The largest absolute Gasteiger partial charge is 0.392 e. The van der Waals surface area contributed by atoms with E-state index in [1.807, 2.05) is 32.9 Å². The number of hydrogen-bond acceptors (Lipinski definition) is 2. The van der Waals surface area contributed by atoms with Crippen LogP contribution in [0.4, 0.5) is 5.69 Å². The Bertz CT molecular complexity index is 607. The fourth-order valence-corrected chi connectivity index (χ4v) is 2.43. The first-order valence-corrected chi connectivity index (χ1v) is 6.60. The molecular weight excluding hydrogens is 250 g/mol. The Balaban J connectivity index is 2.23. The van der Waals surface area contributed by atoms with Gasteiger partial charge in [-0.2, -0.15) is 0 Å². The van der Waals surface area contributed by atoms with Crippen LogP contribution in [0.25, 0.3) is 0 Å². The predicted molar refractivity (Wildman–Crippen MR) is 81.0 cm³/mol. The number of amides is 1. The molecule has 1 amide bonds. The third kappa shape index (κ3) is 3.06. The van der Waals surface area contributed by atoms with Gasteiger partial charge in [0.1, 0.15) is 0 Å². The van der Waals surface area contributed by atoms with Crippen molar-refractivity contribution in [2.24, 2.45) is 0 Å². The number of aliphatic hydroxyl groups excluding tert-OH is 1. The standard InChI is InChI=1S/C17H19NO2/c1-11-8-12(2)16(13(3)9-11)17(20)18-15-6-4-14(10-19)5-7-15/h4-9,19H,10H2,1-3H3,(H,18,20). The van der Waals surface area contributed by atoms with Gasteiger partial charge in [0, 0.05) is 11.3 Å². The molecule has 2 N–H and O–H groups in total. The second-order valence-electron chi connectivity index (χ2n) is 5.08. The minimum Gasteiger partial charge on any atom is -0.392 e. The van der Waals surface area contributed by atoms with Gasteiger partial charge in [0.05, 0.1) is 6.61 Å². The maximum absolute atomic E-state index is 12.4. The van der Waals surface area contributed by atoms with Gasteiger partial charge in [-0.15, -0.1) is 0 Å². The molecule has 3 nitrogen and oxygen atoms in total. The van der Waals surface area contributed by atoms with Crippen molar-refractivity contribution in [1.82, 2.24) is 0 Å². The van der Waals surface area contributed by atoms with Crippen LogP contribution in [0.1, 0.15) is 32.6 Å². The molecule has 0 fully saturated rings. The Kier molecular flexibility index (Phi) is 4.20. The molecule has 0 saturated heterocycles. The van der Waals surface area contributed by atoms with Crippen molar-refractivity contribution in [2.75, 3.05) is 5.32 Å². The molecule has 0 saturated carbocycles. The van der Waals surface area contributed by atoms with Gasteiger partial charge in [-0.1, -0.05) is 29.8 Å². The normalized spacial score (nSPS) is 10.4. The van der Waals surface area contributed by atoms with Gasteiger partial charge in [0.25, 0.3) is 5.91 Å². The van der Waals surface area contributed by atoms with Gasteiger partial charge >= 0.3 is 0 Å². The molecule has 0 radical (unpaired) electrons. The van der Waals surface area contributed by atoms with E-state index in [1.54, 1.807) is 24.3 Å². The van der Waals surface area contributed by atoms with Crippen molar-refractivity contribution in [3.8, 4) is 0 Å². The lowest BCUT2D eigenvalue weighted by Crippen LogP contribution is -2.15. The maximum atomic E-state index is 12.4. The summed E-state index contributed by atoms with van der Waals surface area (Å²) in [4.78, 5) is 12.4. The summed E-state index contributed by atoms with van der Waals surface area (Å²) in [6, 6.07) is 11.2. The zero-order valence-corrected chi connectivity index (χ0v) is 12.0. The fourth-order valence-electron chi connectivity index (χ4n) is 2.43. The summed E-state index contributed by atoms with van der Waals surface area (Å²) in [5.74, 6) is -0.100. The summed E-state index contributed by atoms with van der Waals surface area (Å²) < 4.78 is 0. The second kappa shape index (κ2) is 5.88. The maximum Gasteiger partial charge on any atom is 0.256 e. The van der Waals surface area contributed by atoms with Crippen molar-refractivity contribution in [3.63, 3.8) is 0 Å². The number of carbonyl (C=O) groups excluding carboxylic acids is 1. The van der Waals surface area contributed by atoms with Crippen LogP contribution < -0.4 is 5.32 Å². The highest BCUT2D eigenvalue weighted by atomic mass is 16.3. The number of benzene rings is 2. The van der Waals surface area contributed by atoms with Crippen molar-refractivity contribution < 1.29 is 9.90 Å². The molecule has 2 aromatic rings. The smallest absolute Gasteiger partial charge is 0.256 e. The highest BCUT2D eigenvalue weighted by molar-refractivity contribution is 6.06. The average molecular weight is 269 g/mol. The number of aliphatic hydroxyl groups is 1. The lowest BCUT2D eigenvalue weighted by atomic mass is 9.99. The van der Waals surface area contributed by atoms with Crippen LogP contribution in [0.5, 0.6) is 0 Å². The van der Waals surface area contributed by atoms with E-state index in [0.717, 1.165) is 33.5 Å². The van der Waals surface area contributed by atoms with Gasteiger partial charge in [0.2, 0.25) is 0 Å². The van der Waals surface area contributed by atoms with Crippen LogP contribution in [0.3, 0.4) is 0 Å². The van der Waals surface area contributed by atoms with Crippen molar-refractivity contribution in [1.29, 1.82) is 0 Å². The fraction of sp³-hybridized carbons (Fsp3) is 0.235. The molecule has 0 heterocycles. The molecular formula is C17H19NO2. The Hall–Kier alpha value is -2.13. The van der Waals surface area contributed by atoms with Crippen LogP contribution in [-0.2, 0) is 6.61 Å². The summed E-state index contributed by atoms with van der Waals surface area (Å²) in [5, 5.41) is 11.9. The number of rotatable bonds is 3. The predicted octanol–water partition coefficient (Wildman–Crippen LogP) is 3.36. The molecule has 0 aliphatic carbocycles. The van der Waals surface area contributed by atoms with Crippen molar-refractivity contribution in [3.05, 3.63) is 64.2 Å². The Labute approximate surface area is 119 Å². The SMILES string of the molecule is Cc1cc(C)c(C(=O)Nc2ccc(CO)cc2)c(C)c1. The molecule has 0 atom stereocenters. The van der Waals surface area contributed by atoms with E-state index >= 15 is 0 Å². The molecule has 0 aliphatic heterocycles. The van der Waals surface area contributed by atoms with Gasteiger partial charge in [-0.25, -0.2) is 0 Å². The first-order chi connectivity index (χ1) is 9.51. The van der Waals surface area contributed by atoms with Crippen LogP contribution in [-0.4, -0.2) is 11.0 Å². The topological polar surface area (TPSA) is 49.3 Å². The Morgan fingerprint density at radius 1 is 1.05 bits per heavy atom. The number of aryl methyl sites for hydroxylation is 3. The molecule has 20 heavy (non-hydrogen) atoms. The molecule has 3 heteroatoms. The first-order valence-electron chi connectivity index (χ1n) is 6.60. The van der Waals surface area contributed by atoms with Crippen molar-refractivity contribution in [2.45, 2.75) is 27.4 Å². The highest BCUT2D eigenvalue weighted by Crippen LogP contribution is 2.18. The van der Waals surface area contributed by atoms with Crippen molar-refractivity contribution >= 4 is 11.6 Å². The third-order valence-electron chi connectivity index (χ3n) is 3.30. The molecule has 0 unspecified atom stereocenters. The van der Waals surface area contributed by atoms with Gasteiger partial charge in [0.15, 0.2) is 0 Å². The summed E-state index contributed by atoms with van der Waals surface area (Å²) in [6.07, 6.45) is 0. The average Bonchev–Trinajstić information content (AvgIpc) is 2.38. The first kappa shape index (κ1) is 14.3. The molecule has 104 valence electrons. The van der Waals surface area contributed by atoms with E-state index in [0.29, 0.717) is 0 Å². The summed E-state index contributed by atoms with van der Waals surface area (Å²) in [5.41, 5.74) is 5.39. The molecule has 2 rings (SSSR count). The van der Waals surface area contributed by atoms with Crippen LogP contribution in [0.2, 0.25) is 0 Å². The van der Waals surface area contributed by atoms with Crippen LogP contribution in [0.15, 0.2) is 36.4 Å². The Morgan fingerprint density at radius 3 is 2.10 bits per heavy atom. The van der Waals surface area contributed by atoms with Crippen LogP contribution in [0, 0.1) is 20.8 Å². The van der Waals surface area contributed by atoms with Gasteiger partial charge in [-0.3, -0.25) is 4.79 Å². The quantitative estimate of drug-likeness (QED) is 0.897. The summed E-state index contributed by atoms with van der Waals surface area (Å²) in [7, 11) is 0. The van der Waals surface area contributed by atoms with E-state index in [1.165, 1.54) is 0 Å². The minimum absolute atomic E-state index is 0.00437. The molecule has 0 spiro atoms. The lowest BCUT2D eigenvalue weighted by Gasteiger charge is -2.12. The van der Waals surface area contributed by atoms with E-state index in [2.05, 4.69) is 5.32 Å². The molecule has 0 bridgehead atoms.